The van der Waals surface area contributed by atoms with Crippen LogP contribution in [0.1, 0.15) is 22.3 Å². The van der Waals surface area contributed by atoms with Crippen LogP contribution in [-0.2, 0) is 9.53 Å². The second-order valence-electron chi connectivity index (χ2n) is 6.91. The van der Waals surface area contributed by atoms with Gasteiger partial charge in [0.05, 0.1) is 12.2 Å². The van der Waals surface area contributed by atoms with Crippen LogP contribution in [0, 0.1) is 12.3 Å². The number of hydrogen-bond donors (Lipinski definition) is 1. The molecule has 0 saturated carbocycles. The molecule has 142 valence electrons. The van der Waals surface area contributed by atoms with Crippen molar-refractivity contribution < 1.29 is 24.2 Å². The van der Waals surface area contributed by atoms with Crippen molar-refractivity contribution in [2.24, 2.45) is 5.41 Å². The summed E-state index contributed by atoms with van der Waals surface area (Å²) in [7, 11) is 1.47. The lowest BCUT2D eigenvalue weighted by molar-refractivity contribution is -0.151. The monoisotopic (exact) mass is 369 g/mol. The van der Waals surface area contributed by atoms with E-state index in [9.17, 15) is 14.7 Å². The van der Waals surface area contributed by atoms with Crippen LogP contribution in [0.4, 0.5) is 0 Å². The topological polar surface area (TPSA) is 76.1 Å². The van der Waals surface area contributed by atoms with E-state index in [0.717, 1.165) is 5.56 Å². The molecule has 1 fully saturated rings. The quantitative estimate of drug-likeness (QED) is 0.845. The maximum atomic E-state index is 13.1. The minimum Gasteiger partial charge on any atom is -0.481 e. The molecule has 0 radical (unpaired) electrons. The minimum absolute atomic E-state index is 0.0769. The first-order valence-electron chi connectivity index (χ1n) is 8.80. The number of aryl methyl sites for hydroxylation is 1. The Balaban J connectivity index is 1.83. The van der Waals surface area contributed by atoms with Crippen LogP contribution in [0.2, 0.25) is 0 Å². The molecule has 6 nitrogen and oxygen atoms in total. The van der Waals surface area contributed by atoms with Crippen molar-refractivity contribution in [3.63, 3.8) is 0 Å². The minimum atomic E-state index is -1.06. The van der Waals surface area contributed by atoms with Crippen LogP contribution in [-0.4, -0.2) is 48.7 Å². The Morgan fingerprint density at radius 3 is 2.67 bits per heavy atom. The van der Waals surface area contributed by atoms with Crippen molar-refractivity contribution >= 4 is 11.9 Å². The van der Waals surface area contributed by atoms with Gasteiger partial charge in [0.2, 0.25) is 0 Å². The number of aliphatic carboxylic acids is 1. The number of rotatable bonds is 6. The summed E-state index contributed by atoms with van der Waals surface area (Å²) in [5, 5.41) is 9.60. The van der Waals surface area contributed by atoms with Gasteiger partial charge >= 0.3 is 5.97 Å². The van der Waals surface area contributed by atoms with E-state index in [1.807, 2.05) is 31.2 Å². The number of hydrogen-bond acceptors (Lipinski definition) is 4. The average Bonchev–Trinajstić information content (AvgIpc) is 3.08. The van der Waals surface area contributed by atoms with Gasteiger partial charge in [-0.2, -0.15) is 0 Å². The molecule has 0 bridgehead atoms. The molecule has 1 heterocycles. The predicted octanol–water partition coefficient (Wildman–Crippen LogP) is 3.35. The summed E-state index contributed by atoms with van der Waals surface area (Å²) in [6.07, 6.45) is 0.364. The van der Waals surface area contributed by atoms with Gasteiger partial charge in [0, 0.05) is 20.2 Å². The summed E-state index contributed by atoms with van der Waals surface area (Å²) in [6, 6.07) is 14.6. The molecule has 27 heavy (non-hydrogen) atoms. The number of nitrogens with zero attached hydrogens (tertiary/aromatic N) is 1. The molecular weight excluding hydrogens is 346 g/mol. The standard InChI is InChI=1S/C21H23NO5/c1-15-6-5-7-16(12-15)27-18-9-4-3-8-17(18)19(23)22-11-10-21(13-22,14-26-2)20(24)25/h3-9,12H,10-11,13-14H2,1-2H3,(H,24,25). The summed E-state index contributed by atoms with van der Waals surface area (Å²) in [4.78, 5) is 26.3. The SMILES string of the molecule is COCC1(C(=O)O)CCN(C(=O)c2ccccc2Oc2cccc(C)c2)C1. The van der Waals surface area contributed by atoms with Gasteiger partial charge < -0.3 is 19.5 Å². The first-order valence-corrected chi connectivity index (χ1v) is 8.80. The molecule has 1 unspecified atom stereocenters. The highest BCUT2D eigenvalue weighted by molar-refractivity contribution is 5.97. The predicted molar refractivity (Wildman–Crippen MR) is 100 cm³/mol. The van der Waals surface area contributed by atoms with Crippen LogP contribution in [0.5, 0.6) is 11.5 Å². The van der Waals surface area contributed by atoms with Crippen LogP contribution in [0.15, 0.2) is 48.5 Å². The van der Waals surface area contributed by atoms with E-state index in [0.29, 0.717) is 30.0 Å². The number of carbonyl (C=O) groups excluding carboxylic acids is 1. The van der Waals surface area contributed by atoms with E-state index < -0.39 is 11.4 Å². The number of ether oxygens (including phenoxy) is 2. The molecule has 1 N–H and O–H groups in total. The number of amides is 1. The summed E-state index contributed by atoms with van der Waals surface area (Å²) in [5.41, 5.74) is 0.413. The van der Waals surface area contributed by atoms with Gasteiger partial charge in [-0.15, -0.1) is 0 Å². The lowest BCUT2D eigenvalue weighted by Gasteiger charge is -2.24. The van der Waals surface area contributed by atoms with Crippen molar-refractivity contribution in [3.05, 3.63) is 59.7 Å². The lowest BCUT2D eigenvalue weighted by atomic mass is 9.88. The van der Waals surface area contributed by atoms with Gasteiger partial charge in [-0.05, 0) is 43.2 Å². The maximum absolute atomic E-state index is 13.1. The number of carboxylic acid groups (broad SMARTS) is 1. The van der Waals surface area contributed by atoms with Gasteiger partial charge in [-0.25, -0.2) is 0 Å². The number of carboxylic acids is 1. The molecule has 1 amide bonds. The van der Waals surface area contributed by atoms with Gasteiger partial charge in [0.15, 0.2) is 0 Å². The Morgan fingerprint density at radius 2 is 1.96 bits per heavy atom. The van der Waals surface area contributed by atoms with Crippen molar-refractivity contribution in [2.45, 2.75) is 13.3 Å². The molecule has 0 aliphatic carbocycles. The fraction of sp³-hybridized carbons (Fsp3) is 0.333. The number of para-hydroxylation sites is 1. The van der Waals surface area contributed by atoms with Crippen LogP contribution >= 0.6 is 0 Å². The van der Waals surface area contributed by atoms with E-state index in [1.165, 1.54) is 7.11 Å². The molecule has 2 aromatic rings. The molecule has 6 heteroatoms. The fourth-order valence-corrected chi connectivity index (χ4v) is 3.38. The van der Waals surface area contributed by atoms with Crippen LogP contribution in [0.25, 0.3) is 0 Å². The first-order chi connectivity index (χ1) is 12.9. The Labute approximate surface area is 158 Å². The summed E-state index contributed by atoms with van der Waals surface area (Å²) >= 11 is 0. The number of likely N-dealkylation sites (tertiary alicyclic amines) is 1. The maximum Gasteiger partial charge on any atom is 0.313 e. The Kier molecular flexibility index (Phi) is 5.46. The largest absolute Gasteiger partial charge is 0.481 e. The molecule has 1 atom stereocenters. The molecule has 1 aliphatic heterocycles. The average molecular weight is 369 g/mol. The zero-order valence-corrected chi connectivity index (χ0v) is 15.5. The van der Waals surface area contributed by atoms with Crippen molar-refractivity contribution in [2.75, 3.05) is 26.8 Å². The summed E-state index contributed by atoms with van der Waals surface area (Å²) in [6.45, 7) is 2.53. The molecule has 1 aliphatic rings. The Bertz CT molecular complexity index is 850. The van der Waals surface area contributed by atoms with Crippen molar-refractivity contribution in [3.8, 4) is 11.5 Å². The van der Waals surface area contributed by atoms with E-state index in [2.05, 4.69) is 0 Å². The zero-order valence-electron chi connectivity index (χ0n) is 15.5. The number of benzene rings is 2. The second kappa shape index (κ2) is 7.80. The molecule has 0 aromatic heterocycles. The van der Waals surface area contributed by atoms with Gasteiger partial charge in [0.1, 0.15) is 16.9 Å². The zero-order chi connectivity index (χ0) is 19.4. The molecule has 0 spiro atoms. The first kappa shape index (κ1) is 18.9. The third kappa shape index (κ3) is 3.95. The number of methoxy groups -OCH3 is 1. The summed E-state index contributed by atoms with van der Waals surface area (Å²) < 4.78 is 11.0. The van der Waals surface area contributed by atoms with E-state index in [-0.39, 0.29) is 19.1 Å². The van der Waals surface area contributed by atoms with Gasteiger partial charge in [0.25, 0.3) is 5.91 Å². The van der Waals surface area contributed by atoms with Crippen LogP contribution in [0.3, 0.4) is 0 Å². The lowest BCUT2D eigenvalue weighted by Crippen LogP contribution is -2.40. The second-order valence-corrected chi connectivity index (χ2v) is 6.91. The van der Waals surface area contributed by atoms with Gasteiger partial charge in [-0.1, -0.05) is 24.3 Å². The van der Waals surface area contributed by atoms with Crippen molar-refractivity contribution in [1.29, 1.82) is 0 Å². The van der Waals surface area contributed by atoms with E-state index in [4.69, 9.17) is 9.47 Å². The van der Waals surface area contributed by atoms with E-state index in [1.54, 1.807) is 29.2 Å². The highest BCUT2D eigenvalue weighted by Gasteiger charge is 2.46. The fourth-order valence-electron chi connectivity index (χ4n) is 3.38. The highest BCUT2D eigenvalue weighted by atomic mass is 16.5. The van der Waals surface area contributed by atoms with Crippen molar-refractivity contribution in [1.82, 2.24) is 4.90 Å². The highest BCUT2D eigenvalue weighted by Crippen LogP contribution is 2.34. The molecule has 2 aromatic carbocycles. The smallest absolute Gasteiger partial charge is 0.313 e. The molecule has 1 saturated heterocycles. The normalized spacial score (nSPS) is 19.1. The summed E-state index contributed by atoms with van der Waals surface area (Å²) in [5.74, 6) is -0.0787. The third-order valence-corrected chi connectivity index (χ3v) is 4.85. The number of carbonyl (C=O) groups is 2. The van der Waals surface area contributed by atoms with Crippen LogP contribution < -0.4 is 4.74 Å². The molecular formula is C21H23NO5. The molecule has 3 rings (SSSR count). The Hall–Kier alpha value is -2.86. The van der Waals surface area contributed by atoms with Gasteiger partial charge in [-0.3, -0.25) is 9.59 Å². The Morgan fingerprint density at radius 1 is 1.19 bits per heavy atom. The van der Waals surface area contributed by atoms with E-state index >= 15 is 0 Å². The third-order valence-electron chi connectivity index (χ3n) is 4.85.